The first kappa shape index (κ1) is 13.3. The van der Waals surface area contributed by atoms with Crippen molar-refractivity contribution in [2.45, 2.75) is 38.5 Å². The number of ketones is 1. The van der Waals surface area contributed by atoms with Crippen LogP contribution in [0.1, 0.15) is 37.7 Å². The molecule has 0 amide bonds. The van der Waals surface area contributed by atoms with Gasteiger partial charge in [-0.1, -0.05) is 0 Å². The highest BCUT2D eigenvalue weighted by atomic mass is 16.1. The molecule has 4 heteroatoms. The fourth-order valence-electron chi connectivity index (χ4n) is 2.55. The average Bonchev–Trinajstić information content (AvgIpc) is 2.81. The first-order chi connectivity index (χ1) is 8.74. The van der Waals surface area contributed by atoms with Gasteiger partial charge in [0, 0.05) is 26.1 Å². The quantitative estimate of drug-likeness (QED) is 0.834. The predicted octanol–water partition coefficient (Wildman–Crippen LogP) is 1.70. The Bertz CT molecular complexity index is 380. The van der Waals surface area contributed by atoms with Gasteiger partial charge in [-0.2, -0.15) is 5.10 Å². The summed E-state index contributed by atoms with van der Waals surface area (Å²) in [5.41, 5.74) is 1.16. The molecule has 0 aromatic carbocycles. The molecule has 0 bridgehead atoms. The van der Waals surface area contributed by atoms with Crippen LogP contribution in [-0.4, -0.2) is 28.7 Å². The second-order valence-corrected chi connectivity index (χ2v) is 5.29. The lowest BCUT2D eigenvalue weighted by Gasteiger charge is -2.22. The lowest BCUT2D eigenvalue weighted by Crippen LogP contribution is -2.28. The predicted molar refractivity (Wildman–Crippen MR) is 71.4 cm³/mol. The van der Waals surface area contributed by atoms with E-state index in [-0.39, 0.29) is 0 Å². The molecule has 0 aliphatic carbocycles. The van der Waals surface area contributed by atoms with Gasteiger partial charge >= 0.3 is 0 Å². The minimum Gasteiger partial charge on any atom is -0.317 e. The SMILES string of the molecule is Cn1cc(CCC(=O)CCC2CCNCC2)cn1. The molecule has 1 aliphatic heterocycles. The van der Waals surface area contributed by atoms with Crippen molar-refractivity contribution in [3.63, 3.8) is 0 Å². The van der Waals surface area contributed by atoms with E-state index in [1.807, 2.05) is 19.4 Å². The maximum Gasteiger partial charge on any atom is 0.133 e. The molecule has 1 saturated heterocycles. The number of piperidine rings is 1. The molecule has 100 valence electrons. The third kappa shape index (κ3) is 4.26. The molecule has 1 aliphatic rings. The summed E-state index contributed by atoms with van der Waals surface area (Å²) in [6.07, 6.45) is 9.62. The van der Waals surface area contributed by atoms with Crippen LogP contribution < -0.4 is 5.32 Å². The van der Waals surface area contributed by atoms with Crippen molar-refractivity contribution >= 4 is 5.78 Å². The van der Waals surface area contributed by atoms with E-state index in [0.717, 1.165) is 43.8 Å². The number of hydrogen-bond acceptors (Lipinski definition) is 3. The number of carbonyl (C=O) groups is 1. The van der Waals surface area contributed by atoms with E-state index in [0.29, 0.717) is 12.2 Å². The lowest BCUT2D eigenvalue weighted by molar-refractivity contribution is -0.119. The smallest absolute Gasteiger partial charge is 0.133 e. The Morgan fingerprint density at radius 1 is 1.44 bits per heavy atom. The minimum absolute atomic E-state index is 0.400. The summed E-state index contributed by atoms with van der Waals surface area (Å²) >= 11 is 0. The van der Waals surface area contributed by atoms with Gasteiger partial charge in [0.2, 0.25) is 0 Å². The molecule has 0 spiro atoms. The van der Waals surface area contributed by atoms with Gasteiger partial charge in [0.05, 0.1) is 6.20 Å². The Balaban J connectivity index is 1.62. The molecule has 2 rings (SSSR count). The van der Waals surface area contributed by atoms with Crippen LogP contribution in [0, 0.1) is 5.92 Å². The van der Waals surface area contributed by atoms with Crippen LogP contribution in [0.2, 0.25) is 0 Å². The van der Waals surface area contributed by atoms with Gasteiger partial charge in [-0.15, -0.1) is 0 Å². The first-order valence-electron chi connectivity index (χ1n) is 6.94. The average molecular weight is 249 g/mol. The topological polar surface area (TPSA) is 46.9 Å². The zero-order chi connectivity index (χ0) is 12.8. The van der Waals surface area contributed by atoms with Crippen LogP contribution in [0.5, 0.6) is 0 Å². The minimum atomic E-state index is 0.400. The van der Waals surface area contributed by atoms with E-state index in [2.05, 4.69) is 10.4 Å². The number of hydrogen-bond donors (Lipinski definition) is 1. The number of rotatable bonds is 6. The van der Waals surface area contributed by atoms with Crippen LogP contribution in [0.3, 0.4) is 0 Å². The van der Waals surface area contributed by atoms with Crippen molar-refractivity contribution in [2.24, 2.45) is 13.0 Å². The Kier molecular flexibility index (Phi) is 4.93. The fraction of sp³-hybridized carbons (Fsp3) is 0.714. The normalized spacial score (nSPS) is 16.9. The Hall–Kier alpha value is -1.16. The summed E-state index contributed by atoms with van der Waals surface area (Å²) in [7, 11) is 1.91. The van der Waals surface area contributed by atoms with Gasteiger partial charge in [-0.05, 0) is 50.3 Å². The maximum absolute atomic E-state index is 11.8. The molecule has 0 saturated carbocycles. The number of nitrogens with zero attached hydrogens (tertiary/aromatic N) is 2. The second kappa shape index (κ2) is 6.69. The van der Waals surface area contributed by atoms with Crippen LogP contribution in [0.4, 0.5) is 0 Å². The van der Waals surface area contributed by atoms with Gasteiger partial charge in [-0.25, -0.2) is 0 Å². The number of Topliss-reactive ketones (excluding diaryl/α,β-unsaturated/α-hetero) is 1. The van der Waals surface area contributed by atoms with Gasteiger partial charge < -0.3 is 5.32 Å². The zero-order valence-corrected chi connectivity index (χ0v) is 11.2. The monoisotopic (exact) mass is 249 g/mol. The molecule has 0 atom stereocenters. The van der Waals surface area contributed by atoms with Crippen LogP contribution in [-0.2, 0) is 18.3 Å². The van der Waals surface area contributed by atoms with E-state index in [9.17, 15) is 4.79 Å². The zero-order valence-electron chi connectivity index (χ0n) is 11.2. The molecule has 1 fully saturated rings. The first-order valence-corrected chi connectivity index (χ1v) is 6.94. The van der Waals surface area contributed by atoms with Gasteiger partial charge in [-0.3, -0.25) is 9.48 Å². The molecule has 0 unspecified atom stereocenters. The van der Waals surface area contributed by atoms with E-state index < -0.39 is 0 Å². The van der Waals surface area contributed by atoms with Gasteiger partial charge in [0.1, 0.15) is 5.78 Å². The van der Waals surface area contributed by atoms with Crippen molar-refractivity contribution in [2.75, 3.05) is 13.1 Å². The largest absolute Gasteiger partial charge is 0.317 e. The molecule has 1 aromatic heterocycles. The van der Waals surface area contributed by atoms with Crippen molar-refractivity contribution < 1.29 is 4.79 Å². The summed E-state index contributed by atoms with van der Waals surface area (Å²) in [6.45, 7) is 2.24. The summed E-state index contributed by atoms with van der Waals surface area (Å²) in [4.78, 5) is 11.8. The summed E-state index contributed by atoms with van der Waals surface area (Å²) < 4.78 is 1.79. The van der Waals surface area contributed by atoms with Gasteiger partial charge in [0.25, 0.3) is 0 Å². The van der Waals surface area contributed by atoms with Crippen LogP contribution in [0.25, 0.3) is 0 Å². The summed E-state index contributed by atoms with van der Waals surface area (Å²) in [6, 6.07) is 0. The lowest BCUT2D eigenvalue weighted by atomic mass is 9.91. The van der Waals surface area contributed by atoms with E-state index in [1.54, 1.807) is 4.68 Å². The highest BCUT2D eigenvalue weighted by Gasteiger charge is 2.14. The third-order valence-electron chi connectivity index (χ3n) is 3.74. The fourth-order valence-corrected chi connectivity index (χ4v) is 2.55. The Morgan fingerprint density at radius 3 is 2.89 bits per heavy atom. The highest BCUT2D eigenvalue weighted by molar-refractivity contribution is 5.78. The highest BCUT2D eigenvalue weighted by Crippen LogP contribution is 2.18. The summed E-state index contributed by atoms with van der Waals surface area (Å²) in [5, 5.41) is 7.47. The van der Waals surface area contributed by atoms with E-state index in [1.165, 1.54) is 12.8 Å². The van der Waals surface area contributed by atoms with Crippen LogP contribution in [0.15, 0.2) is 12.4 Å². The molecule has 2 heterocycles. The molecule has 4 nitrogen and oxygen atoms in total. The van der Waals surface area contributed by atoms with Crippen molar-refractivity contribution in [1.29, 1.82) is 0 Å². The molecule has 0 radical (unpaired) electrons. The van der Waals surface area contributed by atoms with Crippen molar-refractivity contribution in [3.05, 3.63) is 18.0 Å². The molecule has 18 heavy (non-hydrogen) atoms. The van der Waals surface area contributed by atoms with Crippen molar-refractivity contribution in [1.82, 2.24) is 15.1 Å². The number of aryl methyl sites for hydroxylation is 2. The number of carbonyl (C=O) groups excluding carboxylic acids is 1. The third-order valence-corrected chi connectivity index (χ3v) is 3.74. The molecular weight excluding hydrogens is 226 g/mol. The Morgan fingerprint density at radius 2 is 2.22 bits per heavy atom. The second-order valence-electron chi connectivity index (χ2n) is 5.29. The number of nitrogens with one attached hydrogen (secondary N) is 1. The van der Waals surface area contributed by atoms with Crippen LogP contribution >= 0.6 is 0 Å². The summed E-state index contributed by atoms with van der Waals surface area (Å²) in [5.74, 6) is 1.16. The Labute approximate surface area is 109 Å². The van der Waals surface area contributed by atoms with Gasteiger partial charge in [0.15, 0.2) is 0 Å². The van der Waals surface area contributed by atoms with Crippen molar-refractivity contribution in [3.8, 4) is 0 Å². The van der Waals surface area contributed by atoms with E-state index in [4.69, 9.17) is 0 Å². The number of aromatic nitrogens is 2. The molecular formula is C14H23N3O. The molecule has 1 aromatic rings. The molecule has 1 N–H and O–H groups in total. The maximum atomic E-state index is 11.8. The standard InChI is InChI=1S/C14H23N3O/c1-17-11-13(10-16-17)3-5-14(18)4-2-12-6-8-15-9-7-12/h10-12,15H,2-9H2,1H3. The van der Waals surface area contributed by atoms with E-state index >= 15 is 0 Å².